The summed E-state index contributed by atoms with van der Waals surface area (Å²) in [6.45, 7) is 39.9. The van der Waals surface area contributed by atoms with Crippen molar-refractivity contribution in [2.45, 2.75) is 115 Å². The molecule has 0 aromatic carbocycles. The van der Waals surface area contributed by atoms with Gasteiger partial charge in [0.15, 0.2) is 0 Å². The lowest BCUT2D eigenvalue weighted by atomic mass is 10.0. The summed E-state index contributed by atoms with van der Waals surface area (Å²) in [7, 11) is -7.30. The molecule has 0 nitrogen and oxygen atoms in total. The van der Waals surface area contributed by atoms with E-state index in [1.165, 1.54) is 6.04 Å². The van der Waals surface area contributed by atoms with Crippen LogP contribution in [0.1, 0.15) is 20.8 Å². The molecule has 0 spiro atoms. The third-order valence-electron chi connectivity index (χ3n) is 5.84. The Bertz CT molecular complexity index is 465. The first kappa shape index (κ1) is 30.7. The van der Waals surface area contributed by atoms with E-state index in [0.29, 0.717) is 5.41 Å². The highest BCUT2D eigenvalue weighted by Gasteiger charge is 2.70. The van der Waals surface area contributed by atoms with Gasteiger partial charge in [0, 0.05) is 32.3 Å². The summed E-state index contributed by atoms with van der Waals surface area (Å²) >= 11 is 13.3. The zero-order valence-corrected chi connectivity index (χ0v) is 32.3. The Morgan fingerprint density at radius 2 is 0.750 bits per heavy atom. The molecule has 28 heavy (non-hydrogen) atoms. The molecule has 170 valence electrons. The van der Waals surface area contributed by atoms with Crippen molar-refractivity contribution in [3.63, 3.8) is 0 Å². The maximum absolute atomic E-state index is 4.45. The van der Waals surface area contributed by atoms with Crippen molar-refractivity contribution in [1.82, 2.24) is 0 Å². The molecule has 0 unspecified atom stereocenters. The maximum Gasteiger partial charge on any atom is 0.253 e. The molecule has 0 N–H and O–H groups in total. The lowest BCUT2D eigenvalue weighted by molar-refractivity contribution is 0.461. The number of halogens is 3. The van der Waals surface area contributed by atoms with Gasteiger partial charge in [-0.05, 0) is 5.41 Å². The van der Waals surface area contributed by atoms with E-state index in [2.05, 4.69) is 145 Å². The molecular weight excluding hydrogens is 636 g/mol. The zero-order valence-electron chi connectivity index (χ0n) is 21.5. The molecule has 0 aliphatic heterocycles. The summed E-state index contributed by atoms with van der Waals surface area (Å²) in [4.78, 5) is 2.00. The van der Waals surface area contributed by atoms with Crippen LogP contribution in [0.25, 0.3) is 0 Å². The van der Waals surface area contributed by atoms with Crippen LogP contribution in [0.3, 0.4) is 0 Å². The third kappa shape index (κ3) is 7.66. The van der Waals surface area contributed by atoms with Gasteiger partial charge in [0.05, 0.1) is 7.59 Å². The Morgan fingerprint density at radius 3 is 0.857 bits per heavy atom. The Hall–Kier alpha value is 2.74. The molecule has 0 radical (unpaired) electrons. The van der Waals surface area contributed by atoms with Gasteiger partial charge in [-0.2, -0.15) is 0 Å². The highest BCUT2D eigenvalue weighted by Crippen LogP contribution is 2.62. The normalized spacial score (nSPS) is 16.3. The van der Waals surface area contributed by atoms with Crippen LogP contribution in [0.4, 0.5) is 0 Å². The van der Waals surface area contributed by atoms with Crippen LogP contribution in [-0.2, 0) is 0 Å². The predicted octanol–water partition coefficient (Wildman–Crippen LogP) is 9.93. The van der Waals surface area contributed by atoms with E-state index in [-0.39, 0.29) is 0 Å². The second kappa shape index (κ2) is 9.18. The van der Waals surface area contributed by atoms with Gasteiger partial charge >= 0.3 is 0 Å². The second-order valence-electron chi connectivity index (χ2n) is 14.6. The van der Waals surface area contributed by atoms with Crippen LogP contribution < -0.4 is 0 Å². The monoisotopic (exact) mass is 682 g/mol. The van der Waals surface area contributed by atoms with Crippen molar-refractivity contribution in [3.8, 4) is 0 Å². The first-order chi connectivity index (χ1) is 11.7. The molecule has 0 saturated heterocycles. The van der Waals surface area contributed by atoms with Gasteiger partial charge in [0.2, 0.25) is 0 Å². The van der Waals surface area contributed by atoms with E-state index in [0.717, 1.165) is 9.58 Å². The molecule has 0 aromatic heterocycles. The van der Waals surface area contributed by atoms with E-state index < -0.39 is 43.3 Å². The predicted molar refractivity (Wildman–Crippen MR) is 163 cm³/mol. The highest BCUT2D eigenvalue weighted by atomic mass is 80.0. The first-order valence-corrected chi connectivity index (χ1v) is 37.2. The molecule has 0 atom stereocenters. The van der Waals surface area contributed by atoms with Crippen LogP contribution in [-0.4, -0.2) is 43.3 Å². The Balaban J connectivity index is 7.63. The average molecular weight is 686 g/mol. The van der Waals surface area contributed by atoms with E-state index in [1.54, 1.807) is 0 Å². The van der Waals surface area contributed by atoms with Gasteiger partial charge in [-0.1, -0.05) is 115 Å². The van der Waals surface area contributed by atoms with E-state index >= 15 is 0 Å². The quantitative estimate of drug-likeness (QED) is 0.176. The van der Waals surface area contributed by atoms with Gasteiger partial charge in [-0.25, -0.2) is 0 Å². The maximum atomic E-state index is 4.45. The smallest absolute Gasteiger partial charge is 0.100 e. The van der Waals surface area contributed by atoms with E-state index in [4.69, 9.17) is 0 Å². The standard InChI is InChI=1S/C19H49Br3Si6/c1-19(2,3)16-27(28(20,21)22,17(23(4,5)6)24(7,8)9)18(25(10,11)12)26(13,14)15/h17-18H,16H2,1-15H3. The van der Waals surface area contributed by atoms with Gasteiger partial charge in [-0.15, -0.1) is 45.9 Å². The van der Waals surface area contributed by atoms with Crippen LogP contribution in [0, 0.1) is 5.41 Å². The summed E-state index contributed by atoms with van der Waals surface area (Å²) in [5.74, 6) is 0. The minimum atomic E-state index is -1.90. The molecule has 0 fully saturated rings. The molecule has 0 bridgehead atoms. The number of hydrogen-bond acceptors (Lipinski definition) is 0. The van der Waals surface area contributed by atoms with Gasteiger partial charge in [-0.3, -0.25) is 0 Å². The van der Waals surface area contributed by atoms with Crippen molar-refractivity contribution < 1.29 is 0 Å². The molecule has 0 rings (SSSR count). The second-order valence-corrected chi connectivity index (χ2v) is 75.8. The minimum Gasteiger partial charge on any atom is -0.100 e. The van der Waals surface area contributed by atoms with Crippen molar-refractivity contribution in [2.24, 2.45) is 5.41 Å². The van der Waals surface area contributed by atoms with Crippen molar-refractivity contribution >= 4 is 89.2 Å². The molecule has 0 saturated carbocycles. The van der Waals surface area contributed by atoms with E-state index in [9.17, 15) is 0 Å². The fourth-order valence-electron chi connectivity index (χ4n) is 7.36. The lowest BCUT2D eigenvalue weighted by Crippen LogP contribution is -2.76. The molecule has 0 aliphatic rings. The fraction of sp³-hybridized carbons (Fsp3) is 1.00. The SMILES string of the molecule is CC(C)(C)C[Si](C([Si](C)(C)C)[Si](C)(C)C)(C([Si](C)(C)C)[Si](C)(C)C)[Si](Br)(Br)Br. The largest absolute Gasteiger partial charge is 0.253 e. The summed E-state index contributed by atoms with van der Waals surface area (Å²) < 4.78 is -1.90. The summed E-state index contributed by atoms with van der Waals surface area (Å²) in [5.41, 5.74) is 0.370. The minimum absolute atomic E-state index is 0.370. The molecular formula is C19H49Br3Si6. The molecule has 0 amide bonds. The third-order valence-corrected chi connectivity index (χ3v) is 73.3. The summed E-state index contributed by atoms with van der Waals surface area (Å²) in [6, 6.07) is 1.45. The fourth-order valence-corrected chi connectivity index (χ4v) is 128. The molecule has 0 heterocycles. The average Bonchev–Trinajstić information content (AvgIpc) is 2.14. The number of rotatable bonds is 8. The zero-order chi connectivity index (χ0) is 23.4. The van der Waals surface area contributed by atoms with Gasteiger partial charge in [0.25, 0.3) is 3.45 Å². The summed E-state index contributed by atoms with van der Waals surface area (Å²) in [6.07, 6.45) is 0. The molecule has 0 aromatic rings. The van der Waals surface area contributed by atoms with Crippen LogP contribution in [0.15, 0.2) is 0 Å². The first-order valence-electron chi connectivity index (χ1n) is 10.8. The summed E-state index contributed by atoms with van der Waals surface area (Å²) in [5, 5.41) is 0. The Kier molecular flexibility index (Phi) is 10.1. The lowest BCUT2D eigenvalue weighted by Gasteiger charge is -2.63. The molecule has 9 heteroatoms. The Morgan fingerprint density at radius 1 is 0.536 bits per heavy atom. The number of hydrogen-bond donors (Lipinski definition) is 0. The van der Waals surface area contributed by atoms with Gasteiger partial charge < -0.3 is 0 Å². The topological polar surface area (TPSA) is 0 Å². The van der Waals surface area contributed by atoms with Crippen LogP contribution in [0.5, 0.6) is 0 Å². The van der Waals surface area contributed by atoms with E-state index in [1.807, 2.05) is 0 Å². The van der Waals surface area contributed by atoms with Crippen LogP contribution in [0.2, 0.25) is 94.2 Å². The van der Waals surface area contributed by atoms with Crippen molar-refractivity contribution in [1.29, 1.82) is 0 Å². The van der Waals surface area contributed by atoms with Crippen molar-refractivity contribution in [3.05, 3.63) is 0 Å². The van der Waals surface area contributed by atoms with Gasteiger partial charge in [0.1, 0.15) is 0 Å². The van der Waals surface area contributed by atoms with Crippen LogP contribution >= 0.6 is 45.9 Å². The molecule has 0 aliphatic carbocycles. The Labute approximate surface area is 207 Å². The van der Waals surface area contributed by atoms with Crippen molar-refractivity contribution in [2.75, 3.05) is 0 Å². The highest BCUT2D eigenvalue weighted by molar-refractivity contribution is 9.74.